The number of ether oxygens (including phenoxy) is 2. The number of methoxy groups -OCH3 is 2. The first-order chi connectivity index (χ1) is 9.65. The van der Waals surface area contributed by atoms with Gasteiger partial charge in [-0.15, -0.1) is 0 Å². The molecule has 5 heteroatoms. The highest BCUT2D eigenvalue weighted by Gasteiger charge is 2.12. The number of esters is 1. The Bertz CT molecular complexity index is 613. The molecule has 0 spiro atoms. The molecule has 0 saturated carbocycles. The molecule has 0 aliphatic rings. The topological polar surface area (TPSA) is 60.5 Å². The van der Waals surface area contributed by atoms with Crippen LogP contribution < -0.4 is 10.1 Å². The first-order valence-electron chi connectivity index (χ1n) is 6.39. The standard InChI is InChI=1S/C15H18N2O3/c1-10(15(18)20-3)16-9-12-8-7-11-5-4-6-13(19-2)14(11)17-12/h4-8,10,16H,9H2,1-3H3. The van der Waals surface area contributed by atoms with E-state index in [1.165, 1.54) is 7.11 Å². The number of nitrogens with zero attached hydrogens (tertiary/aromatic N) is 1. The molecular weight excluding hydrogens is 256 g/mol. The summed E-state index contributed by atoms with van der Waals surface area (Å²) in [6.07, 6.45) is 0. The second kappa shape index (κ2) is 6.34. The number of pyridine rings is 1. The molecule has 1 atom stereocenters. The lowest BCUT2D eigenvalue weighted by molar-refractivity contribution is -0.142. The van der Waals surface area contributed by atoms with E-state index in [2.05, 4.69) is 15.0 Å². The van der Waals surface area contributed by atoms with Gasteiger partial charge in [0.2, 0.25) is 0 Å². The van der Waals surface area contributed by atoms with Gasteiger partial charge in [-0.2, -0.15) is 0 Å². The fourth-order valence-corrected chi connectivity index (χ4v) is 1.94. The molecule has 20 heavy (non-hydrogen) atoms. The van der Waals surface area contributed by atoms with E-state index in [9.17, 15) is 4.79 Å². The number of carbonyl (C=O) groups is 1. The van der Waals surface area contributed by atoms with Crippen LogP contribution in [0.1, 0.15) is 12.6 Å². The molecule has 0 aliphatic heterocycles. The van der Waals surface area contributed by atoms with Crippen LogP contribution in [0, 0.1) is 0 Å². The van der Waals surface area contributed by atoms with Crippen molar-refractivity contribution in [3.05, 3.63) is 36.0 Å². The second-order valence-electron chi connectivity index (χ2n) is 4.46. The number of fused-ring (bicyclic) bond motifs is 1. The Morgan fingerprint density at radius 2 is 2.10 bits per heavy atom. The van der Waals surface area contributed by atoms with Crippen LogP contribution in [0.2, 0.25) is 0 Å². The molecule has 0 bridgehead atoms. The van der Waals surface area contributed by atoms with Crippen LogP contribution >= 0.6 is 0 Å². The predicted octanol–water partition coefficient (Wildman–Crippen LogP) is 1.89. The third-order valence-electron chi connectivity index (χ3n) is 3.10. The van der Waals surface area contributed by atoms with E-state index < -0.39 is 0 Å². The Labute approximate surface area is 117 Å². The summed E-state index contributed by atoms with van der Waals surface area (Å²) in [6.45, 7) is 2.25. The van der Waals surface area contributed by atoms with Gasteiger partial charge >= 0.3 is 5.97 Å². The molecule has 1 heterocycles. The van der Waals surface area contributed by atoms with Gasteiger partial charge in [0.05, 0.1) is 19.9 Å². The quantitative estimate of drug-likeness (QED) is 0.844. The lowest BCUT2D eigenvalue weighted by Gasteiger charge is -2.12. The van der Waals surface area contributed by atoms with Crippen molar-refractivity contribution >= 4 is 16.9 Å². The van der Waals surface area contributed by atoms with Crippen LogP contribution in [0.25, 0.3) is 10.9 Å². The number of para-hydroxylation sites is 1. The van der Waals surface area contributed by atoms with Crippen LogP contribution in [0.4, 0.5) is 0 Å². The predicted molar refractivity (Wildman–Crippen MR) is 76.6 cm³/mol. The molecule has 0 radical (unpaired) electrons. The van der Waals surface area contributed by atoms with Crippen molar-refractivity contribution in [1.29, 1.82) is 0 Å². The molecule has 0 saturated heterocycles. The van der Waals surface area contributed by atoms with Crippen LogP contribution in [-0.4, -0.2) is 31.2 Å². The molecule has 0 aliphatic carbocycles. The Morgan fingerprint density at radius 3 is 2.80 bits per heavy atom. The summed E-state index contributed by atoms with van der Waals surface area (Å²) in [5, 5.41) is 4.10. The lowest BCUT2D eigenvalue weighted by Crippen LogP contribution is -2.34. The average molecular weight is 274 g/mol. The summed E-state index contributed by atoms with van der Waals surface area (Å²) in [5.74, 6) is 0.453. The van der Waals surface area contributed by atoms with Crippen LogP contribution in [0.15, 0.2) is 30.3 Å². The number of rotatable bonds is 5. The summed E-state index contributed by atoms with van der Waals surface area (Å²) in [6, 6.07) is 9.35. The number of carbonyl (C=O) groups excluding carboxylic acids is 1. The zero-order valence-electron chi connectivity index (χ0n) is 11.8. The highest BCUT2D eigenvalue weighted by molar-refractivity contribution is 5.84. The normalized spacial score (nSPS) is 12.2. The van der Waals surface area contributed by atoms with E-state index in [1.807, 2.05) is 30.3 Å². The Kier molecular flexibility index (Phi) is 4.53. The zero-order valence-corrected chi connectivity index (χ0v) is 11.8. The highest BCUT2D eigenvalue weighted by Crippen LogP contribution is 2.23. The minimum atomic E-state index is -0.366. The van der Waals surface area contributed by atoms with Gasteiger partial charge < -0.3 is 9.47 Å². The number of benzene rings is 1. The number of nitrogens with one attached hydrogen (secondary N) is 1. The van der Waals surface area contributed by atoms with Crippen molar-refractivity contribution in [3.63, 3.8) is 0 Å². The minimum absolute atomic E-state index is 0.289. The summed E-state index contributed by atoms with van der Waals surface area (Å²) >= 11 is 0. The molecule has 2 rings (SSSR count). The number of hydrogen-bond acceptors (Lipinski definition) is 5. The van der Waals surface area contributed by atoms with Crippen molar-refractivity contribution in [1.82, 2.24) is 10.3 Å². The van der Waals surface area contributed by atoms with Crippen molar-refractivity contribution < 1.29 is 14.3 Å². The Balaban J connectivity index is 2.17. The van der Waals surface area contributed by atoms with E-state index in [-0.39, 0.29) is 12.0 Å². The fourth-order valence-electron chi connectivity index (χ4n) is 1.94. The van der Waals surface area contributed by atoms with Gasteiger partial charge in [0.15, 0.2) is 0 Å². The molecular formula is C15H18N2O3. The molecule has 1 aromatic carbocycles. The summed E-state index contributed by atoms with van der Waals surface area (Å²) in [5.41, 5.74) is 1.66. The van der Waals surface area contributed by atoms with E-state index in [4.69, 9.17) is 4.74 Å². The molecule has 0 fully saturated rings. The van der Waals surface area contributed by atoms with E-state index >= 15 is 0 Å². The first kappa shape index (κ1) is 14.3. The monoisotopic (exact) mass is 274 g/mol. The number of aromatic nitrogens is 1. The first-order valence-corrected chi connectivity index (χ1v) is 6.39. The van der Waals surface area contributed by atoms with Gasteiger partial charge in [-0.1, -0.05) is 18.2 Å². The minimum Gasteiger partial charge on any atom is -0.494 e. The highest BCUT2D eigenvalue weighted by atomic mass is 16.5. The summed E-state index contributed by atoms with van der Waals surface area (Å²) < 4.78 is 9.97. The van der Waals surface area contributed by atoms with Crippen LogP contribution in [0.5, 0.6) is 5.75 Å². The van der Waals surface area contributed by atoms with Crippen molar-refractivity contribution in [2.45, 2.75) is 19.5 Å². The average Bonchev–Trinajstić information content (AvgIpc) is 2.50. The molecule has 2 aromatic rings. The molecule has 1 unspecified atom stereocenters. The van der Waals surface area contributed by atoms with Gasteiger partial charge in [-0.05, 0) is 19.1 Å². The van der Waals surface area contributed by atoms with E-state index in [0.717, 1.165) is 22.3 Å². The van der Waals surface area contributed by atoms with Gasteiger partial charge in [0.1, 0.15) is 17.3 Å². The maximum atomic E-state index is 11.3. The van der Waals surface area contributed by atoms with Crippen molar-refractivity contribution in [2.24, 2.45) is 0 Å². The Hall–Kier alpha value is -2.14. The van der Waals surface area contributed by atoms with Crippen molar-refractivity contribution in [2.75, 3.05) is 14.2 Å². The van der Waals surface area contributed by atoms with Gasteiger partial charge in [-0.3, -0.25) is 10.1 Å². The van der Waals surface area contributed by atoms with E-state index in [0.29, 0.717) is 6.54 Å². The summed E-state index contributed by atoms with van der Waals surface area (Å²) in [4.78, 5) is 15.9. The molecule has 1 N–H and O–H groups in total. The third-order valence-corrected chi connectivity index (χ3v) is 3.10. The van der Waals surface area contributed by atoms with Gasteiger partial charge in [-0.25, -0.2) is 4.98 Å². The SMILES string of the molecule is COC(=O)C(C)NCc1ccc2cccc(OC)c2n1. The molecule has 0 amide bonds. The largest absolute Gasteiger partial charge is 0.494 e. The third kappa shape index (κ3) is 3.05. The molecule has 5 nitrogen and oxygen atoms in total. The molecule has 106 valence electrons. The van der Waals surface area contributed by atoms with E-state index in [1.54, 1.807) is 14.0 Å². The second-order valence-corrected chi connectivity index (χ2v) is 4.46. The number of hydrogen-bond donors (Lipinski definition) is 1. The van der Waals surface area contributed by atoms with Gasteiger partial charge in [0, 0.05) is 11.9 Å². The van der Waals surface area contributed by atoms with Crippen LogP contribution in [-0.2, 0) is 16.1 Å². The maximum absolute atomic E-state index is 11.3. The molecule has 1 aromatic heterocycles. The van der Waals surface area contributed by atoms with Crippen LogP contribution in [0.3, 0.4) is 0 Å². The zero-order chi connectivity index (χ0) is 14.5. The fraction of sp³-hybridized carbons (Fsp3) is 0.333. The lowest BCUT2D eigenvalue weighted by atomic mass is 10.2. The Morgan fingerprint density at radius 1 is 1.30 bits per heavy atom. The van der Waals surface area contributed by atoms with Crippen molar-refractivity contribution in [3.8, 4) is 5.75 Å². The summed E-state index contributed by atoms with van der Waals surface area (Å²) in [7, 11) is 3.00. The smallest absolute Gasteiger partial charge is 0.322 e. The maximum Gasteiger partial charge on any atom is 0.322 e. The van der Waals surface area contributed by atoms with Gasteiger partial charge in [0.25, 0.3) is 0 Å².